The summed E-state index contributed by atoms with van der Waals surface area (Å²) >= 11 is 0. The minimum atomic E-state index is -1.66. The Morgan fingerprint density at radius 2 is 1.36 bits per heavy atom. The minimum Gasteiger partial charge on any atom is -0.459 e. The van der Waals surface area contributed by atoms with Crippen molar-refractivity contribution in [3.63, 3.8) is 0 Å². The molecule has 3 fully saturated rings. The molecule has 0 aromatic rings. The number of ether oxygens (including phenoxy) is 1. The van der Waals surface area contributed by atoms with E-state index in [9.17, 15) is 13.6 Å². The molecule has 0 spiro atoms. The maximum Gasteiger partial charge on any atom is 0.309 e. The monoisotopic (exact) mass is 362 g/mol. The van der Waals surface area contributed by atoms with E-state index >= 15 is 0 Å². The third kappa shape index (κ3) is 4.54. The van der Waals surface area contributed by atoms with Crippen LogP contribution in [-0.2, 0) is 9.53 Å². The molecule has 150 valence electrons. The van der Waals surface area contributed by atoms with Gasteiger partial charge in [-0.25, -0.2) is 8.78 Å². The van der Waals surface area contributed by atoms with Crippen LogP contribution < -0.4 is 0 Å². The first-order valence-electron chi connectivity index (χ1n) is 10.4. The lowest BCUT2D eigenvalue weighted by Gasteiger charge is -2.37. The first kappa shape index (κ1) is 19.1. The number of esters is 1. The summed E-state index contributed by atoms with van der Waals surface area (Å²) < 4.78 is 33.3. The zero-order valence-electron chi connectivity index (χ0n) is 15.8. The third-order valence-electron chi connectivity index (χ3n) is 7.21. The van der Waals surface area contributed by atoms with Crippen molar-refractivity contribution in [2.24, 2.45) is 29.6 Å². The molecule has 0 radical (unpaired) electrons. The van der Waals surface area contributed by atoms with Crippen molar-refractivity contribution in [1.82, 2.24) is 0 Å². The van der Waals surface area contributed by atoms with Gasteiger partial charge in [0.2, 0.25) is 0 Å². The quantitative estimate of drug-likeness (QED) is 0.545. The predicted octanol–water partition coefficient (Wildman–Crippen LogP) is 6.38. The molecule has 0 heterocycles. The number of rotatable bonds is 3. The lowest BCUT2D eigenvalue weighted by molar-refractivity contribution is -0.164. The van der Waals surface area contributed by atoms with E-state index in [4.69, 9.17) is 4.74 Å². The Morgan fingerprint density at radius 3 is 1.96 bits per heavy atom. The van der Waals surface area contributed by atoms with Crippen LogP contribution in [0, 0.1) is 29.6 Å². The van der Waals surface area contributed by atoms with Crippen molar-refractivity contribution in [3.8, 4) is 0 Å². The fraction of sp³-hybridized carbons (Fsp3) is 0.952. The summed E-state index contributed by atoms with van der Waals surface area (Å²) in [5, 5.41) is 0. The summed E-state index contributed by atoms with van der Waals surface area (Å²) in [6, 6.07) is 0. The highest BCUT2D eigenvalue weighted by Crippen LogP contribution is 2.42. The molecule has 0 aromatic heterocycles. The van der Waals surface area contributed by atoms with Crippen LogP contribution in [0.4, 0.5) is 8.78 Å². The maximum absolute atomic E-state index is 14.1. The summed E-state index contributed by atoms with van der Waals surface area (Å²) in [5.74, 6) is 1.77. The number of hydrogen-bond donors (Lipinski definition) is 0. The van der Waals surface area contributed by atoms with Crippen LogP contribution in [0.2, 0.25) is 0 Å². The largest absolute Gasteiger partial charge is 0.459 e. The van der Waals surface area contributed by atoms with E-state index in [1.54, 1.807) is 6.92 Å². The van der Waals surface area contributed by atoms with Crippen molar-refractivity contribution in [1.29, 1.82) is 0 Å². The smallest absolute Gasteiger partial charge is 0.309 e. The first-order valence-corrected chi connectivity index (χ1v) is 10.4. The van der Waals surface area contributed by atoms with Gasteiger partial charge in [-0.3, -0.25) is 4.79 Å². The fourth-order valence-electron chi connectivity index (χ4n) is 5.22. The molecule has 0 amide bonds. The van der Waals surface area contributed by atoms with Crippen LogP contribution in [0.15, 0.2) is 0 Å². The SMILES string of the molecule is CC1CCC(C2CCC(C(=O)OC3CC[C@@H](C)C(F)C3F)CC2)CC1.[HH].[HH].[HH]. The molecule has 3 aliphatic carbocycles. The van der Waals surface area contributed by atoms with Crippen molar-refractivity contribution >= 4 is 5.97 Å². The van der Waals surface area contributed by atoms with E-state index in [0.717, 1.165) is 43.4 Å². The normalized spacial score (nSPS) is 45.8. The molecule has 4 atom stereocenters. The van der Waals surface area contributed by atoms with Gasteiger partial charge in [0.15, 0.2) is 6.17 Å². The van der Waals surface area contributed by atoms with Gasteiger partial charge in [-0.1, -0.05) is 26.7 Å². The summed E-state index contributed by atoms with van der Waals surface area (Å²) in [4.78, 5) is 12.4. The number of alkyl halides is 2. The Bertz CT molecular complexity index is 453. The maximum atomic E-state index is 14.1. The average molecular weight is 363 g/mol. The molecule has 2 nitrogen and oxygen atoms in total. The van der Waals surface area contributed by atoms with E-state index in [-0.39, 0.29) is 22.1 Å². The van der Waals surface area contributed by atoms with Crippen LogP contribution >= 0.6 is 0 Å². The summed E-state index contributed by atoms with van der Waals surface area (Å²) in [5.41, 5.74) is 0. The van der Waals surface area contributed by atoms with Gasteiger partial charge in [0, 0.05) is 4.28 Å². The lowest BCUT2D eigenvalue weighted by atomic mass is 9.69. The van der Waals surface area contributed by atoms with Crippen molar-refractivity contribution in [3.05, 3.63) is 0 Å². The van der Waals surface area contributed by atoms with Gasteiger partial charge in [0.1, 0.15) is 12.3 Å². The molecular weight excluding hydrogens is 322 g/mol. The molecule has 3 aliphatic rings. The molecule has 3 saturated carbocycles. The second-order valence-corrected chi connectivity index (χ2v) is 9.05. The Balaban J connectivity index is 0.00000243. The van der Waals surface area contributed by atoms with E-state index in [2.05, 4.69) is 6.92 Å². The first-order chi connectivity index (χ1) is 12.0. The Hall–Kier alpha value is -0.670. The third-order valence-corrected chi connectivity index (χ3v) is 7.21. The highest BCUT2D eigenvalue weighted by Gasteiger charge is 2.41. The van der Waals surface area contributed by atoms with E-state index in [1.165, 1.54) is 25.7 Å². The second-order valence-electron chi connectivity index (χ2n) is 9.05. The van der Waals surface area contributed by atoms with Crippen molar-refractivity contribution < 1.29 is 22.6 Å². The van der Waals surface area contributed by atoms with Gasteiger partial charge in [-0.05, 0) is 75.0 Å². The fourth-order valence-corrected chi connectivity index (χ4v) is 5.22. The van der Waals surface area contributed by atoms with Gasteiger partial charge >= 0.3 is 5.97 Å². The molecule has 3 rings (SSSR count). The van der Waals surface area contributed by atoms with E-state index in [1.807, 2.05) is 0 Å². The molecule has 0 aromatic carbocycles. The Kier molecular flexibility index (Phi) is 6.38. The van der Waals surface area contributed by atoms with Gasteiger partial charge in [-0.2, -0.15) is 0 Å². The number of carbonyl (C=O) groups is 1. The lowest BCUT2D eigenvalue weighted by Crippen LogP contribution is -2.43. The Morgan fingerprint density at radius 1 is 0.800 bits per heavy atom. The zero-order chi connectivity index (χ0) is 18.0. The van der Waals surface area contributed by atoms with Gasteiger partial charge in [0.25, 0.3) is 0 Å². The predicted molar refractivity (Wildman–Crippen MR) is 101 cm³/mol. The van der Waals surface area contributed by atoms with Crippen LogP contribution in [0.1, 0.15) is 82.3 Å². The van der Waals surface area contributed by atoms with Crippen LogP contribution in [0.3, 0.4) is 0 Å². The molecular formula is C21H40F2O2. The average Bonchev–Trinajstić information content (AvgIpc) is 2.63. The highest BCUT2D eigenvalue weighted by molar-refractivity contribution is 5.72. The topological polar surface area (TPSA) is 26.3 Å². The minimum absolute atomic E-state index is 0. The molecule has 25 heavy (non-hydrogen) atoms. The highest BCUT2D eigenvalue weighted by atomic mass is 19.2. The van der Waals surface area contributed by atoms with E-state index in [0.29, 0.717) is 12.8 Å². The number of halogens is 2. The van der Waals surface area contributed by atoms with Gasteiger partial charge in [0.05, 0.1) is 5.92 Å². The summed E-state index contributed by atoms with van der Waals surface area (Å²) in [6.45, 7) is 4.07. The summed E-state index contributed by atoms with van der Waals surface area (Å²) in [7, 11) is 0. The van der Waals surface area contributed by atoms with E-state index < -0.39 is 18.4 Å². The molecule has 0 N–H and O–H groups in total. The van der Waals surface area contributed by atoms with Gasteiger partial charge in [-0.15, -0.1) is 0 Å². The molecule has 4 heteroatoms. The summed E-state index contributed by atoms with van der Waals surface area (Å²) in [6.07, 6.45) is 6.24. The second kappa shape index (κ2) is 8.35. The molecule has 0 bridgehead atoms. The standard InChI is InChI=1S/C21H34F2O2.3H2/c1-13-3-6-15(7-4-13)16-8-10-17(11-9-16)21(24)25-18-12-5-14(2)19(22)20(18)23;;;/h13-20H,3-12H2,1-2H3;3*1H/t13?,14-,15?,16?,17?,18?,19?,20?;;;/m1.../s1. The molecule has 0 saturated heterocycles. The number of carbonyl (C=O) groups excluding carboxylic acids is 1. The van der Waals surface area contributed by atoms with Crippen molar-refractivity contribution in [2.75, 3.05) is 0 Å². The number of hydrogen-bond acceptors (Lipinski definition) is 2. The zero-order valence-corrected chi connectivity index (χ0v) is 15.8. The van der Waals surface area contributed by atoms with Crippen molar-refractivity contribution in [2.45, 2.75) is 96.5 Å². The van der Waals surface area contributed by atoms with Crippen LogP contribution in [0.25, 0.3) is 0 Å². The Labute approximate surface area is 155 Å². The van der Waals surface area contributed by atoms with Crippen LogP contribution in [-0.4, -0.2) is 24.4 Å². The molecule has 3 unspecified atom stereocenters. The van der Waals surface area contributed by atoms with Gasteiger partial charge < -0.3 is 4.74 Å². The molecule has 0 aliphatic heterocycles. The van der Waals surface area contributed by atoms with Crippen LogP contribution in [0.5, 0.6) is 0 Å².